The summed E-state index contributed by atoms with van der Waals surface area (Å²) in [7, 11) is 0. The topological polar surface area (TPSA) is 86.7 Å². The molecule has 1 saturated heterocycles. The molecule has 1 heterocycles. The lowest BCUT2D eigenvalue weighted by Crippen LogP contribution is -2.52. The Bertz CT molecular complexity index is 675. The van der Waals surface area contributed by atoms with E-state index in [1.807, 2.05) is 0 Å². The number of anilines is 1. The third kappa shape index (κ3) is 3.59. The van der Waals surface area contributed by atoms with Crippen molar-refractivity contribution in [3.8, 4) is 0 Å². The van der Waals surface area contributed by atoms with Crippen LogP contribution in [0.15, 0.2) is 18.2 Å². The van der Waals surface area contributed by atoms with Crippen molar-refractivity contribution in [2.75, 3.05) is 11.4 Å². The van der Waals surface area contributed by atoms with E-state index in [-0.39, 0.29) is 6.42 Å². The number of amides is 2. The zero-order chi connectivity index (χ0) is 17.4. The lowest BCUT2D eigenvalue weighted by Gasteiger charge is -2.23. The van der Waals surface area contributed by atoms with Crippen molar-refractivity contribution < 1.29 is 19.5 Å². The van der Waals surface area contributed by atoms with Gasteiger partial charge in [-0.1, -0.05) is 23.2 Å². The summed E-state index contributed by atoms with van der Waals surface area (Å²) < 4.78 is 0. The van der Waals surface area contributed by atoms with Crippen LogP contribution in [0.3, 0.4) is 0 Å². The van der Waals surface area contributed by atoms with Gasteiger partial charge in [-0.15, -0.1) is 0 Å². The number of hydrogen-bond donors (Lipinski definition) is 2. The molecule has 124 valence electrons. The fourth-order valence-corrected chi connectivity index (χ4v) is 2.69. The first kappa shape index (κ1) is 17.6. The van der Waals surface area contributed by atoms with Crippen LogP contribution in [0, 0.1) is 5.92 Å². The lowest BCUT2D eigenvalue weighted by molar-refractivity contribution is -0.147. The van der Waals surface area contributed by atoms with Crippen molar-refractivity contribution in [1.29, 1.82) is 0 Å². The van der Waals surface area contributed by atoms with Gasteiger partial charge in [0.1, 0.15) is 11.5 Å². The minimum atomic E-state index is -1.45. The number of carbonyl (C=O) groups is 3. The number of carbonyl (C=O) groups excluding carboxylic acids is 2. The summed E-state index contributed by atoms with van der Waals surface area (Å²) in [5.74, 6) is -3.15. The smallest absolute Gasteiger partial charge is 0.328 e. The zero-order valence-electron chi connectivity index (χ0n) is 12.6. The van der Waals surface area contributed by atoms with E-state index in [1.54, 1.807) is 18.2 Å². The minimum Gasteiger partial charge on any atom is -0.480 e. The summed E-state index contributed by atoms with van der Waals surface area (Å²) in [6, 6.07) is 4.74. The molecule has 1 aliphatic heterocycles. The van der Waals surface area contributed by atoms with E-state index in [4.69, 9.17) is 28.3 Å². The molecule has 2 rings (SSSR count). The average Bonchev–Trinajstić information content (AvgIpc) is 2.82. The number of carboxylic acid groups (broad SMARTS) is 1. The van der Waals surface area contributed by atoms with Crippen LogP contribution in [0.5, 0.6) is 0 Å². The van der Waals surface area contributed by atoms with E-state index in [1.165, 1.54) is 18.7 Å². The van der Waals surface area contributed by atoms with Gasteiger partial charge in [0.2, 0.25) is 11.8 Å². The van der Waals surface area contributed by atoms with Crippen molar-refractivity contribution in [3.05, 3.63) is 28.2 Å². The zero-order valence-corrected chi connectivity index (χ0v) is 14.1. The molecule has 0 spiro atoms. The Kier molecular flexibility index (Phi) is 4.87. The van der Waals surface area contributed by atoms with Gasteiger partial charge < -0.3 is 15.3 Å². The summed E-state index contributed by atoms with van der Waals surface area (Å²) in [6.07, 6.45) is 0.281. The van der Waals surface area contributed by atoms with Crippen LogP contribution in [0.1, 0.15) is 20.3 Å². The monoisotopic (exact) mass is 358 g/mol. The second-order valence-corrected chi connectivity index (χ2v) is 6.69. The molecule has 0 saturated carbocycles. The van der Waals surface area contributed by atoms with Crippen LogP contribution >= 0.6 is 23.2 Å². The average molecular weight is 359 g/mol. The molecular formula is C15H16Cl2N2O4. The molecule has 0 aliphatic carbocycles. The van der Waals surface area contributed by atoms with Crippen LogP contribution < -0.4 is 10.2 Å². The Morgan fingerprint density at radius 2 is 2.00 bits per heavy atom. The minimum absolute atomic E-state index is 0.281. The van der Waals surface area contributed by atoms with Crippen LogP contribution in [0.25, 0.3) is 0 Å². The largest absolute Gasteiger partial charge is 0.480 e. The molecule has 0 aromatic heterocycles. The first-order chi connectivity index (χ1) is 10.6. The molecule has 0 bridgehead atoms. The first-order valence-corrected chi connectivity index (χ1v) is 7.71. The lowest BCUT2D eigenvalue weighted by atomic mass is 10.0. The summed E-state index contributed by atoms with van der Waals surface area (Å²) in [5.41, 5.74) is -1.00. The van der Waals surface area contributed by atoms with E-state index >= 15 is 0 Å². The highest BCUT2D eigenvalue weighted by atomic mass is 35.5. The predicted molar refractivity (Wildman–Crippen MR) is 86.8 cm³/mol. The summed E-state index contributed by atoms with van der Waals surface area (Å²) in [5, 5.41) is 12.2. The fourth-order valence-electron chi connectivity index (χ4n) is 2.30. The van der Waals surface area contributed by atoms with Gasteiger partial charge in [-0.3, -0.25) is 9.59 Å². The molecule has 6 nitrogen and oxygen atoms in total. The number of nitrogens with one attached hydrogen (secondary N) is 1. The van der Waals surface area contributed by atoms with Gasteiger partial charge in [0.05, 0.1) is 10.7 Å². The van der Waals surface area contributed by atoms with Gasteiger partial charge in [-0.25, -0.2) is 4.79 Å². The van der Waals surface area contributed by atoms with Gasteiger partial charge in [-0.2, -0.15) is 0 Å². The van der Waals surface area contributed by atoms with E-state index < -0.39 is 29.2 Å². The van der Waals surface area contributed by atoms with Gasteiger partial charge in [0.15, 0.2) is 0 Å². The standard InChI is InChI=1S/C15H16Cl2N2O4/c1-15(2,14(22)23)18-12(20)9-5-6-19(13(9)21)11-7-8(16)3-4-10(11)17/h3-4,7,9H,5-6H2,1-2H3,(H,18,20)(H,22,23). The Labute approximate surface area is 143 Å². The molecule has 2 N–H and O–H groups in total. The molecule has 1 atom stereocenters. The van der Waals surface area contributed by atoms with Crippen molar-refractivity contribution in [2.24, 2.45) is 5.92 Å². The normalized spacial score (nSPS) is 18.2. The number of benzene rings is 1. The molecule has 0 radical (unpaired) electrons. The van der Waals surface area contributed by atoms with Gasteiger partial charge in [0.25, 0.3) is 0 Å². The quantitative estimate of drug-likeness (QED) is 0.808. The fraction of sp³-hybridized carbons (Fsp3) is 0.400. The molecular weight excluding hydrogens is 343 g/mol. The van der Waals surface area contributed by atoms with E-state index in [2.05, 4.69) is 5.32 Å². The van der Waals surface area contributed by atoms with E-state index in [0.29, 0.717) is 22.3 Å². The Morgan fingerprint density at radius 1 is 1.35 bits per heavy atom. The van der Waals surface area contributed by atoms with E-state index in [9.17, 15) is 14.4 Å². The van der Waals surface area contributed by atoms with Gasteiger partial charge >= 0.3 is 5.97 Å². The molecule has 1 aliphatic rings. The molecule has 8 heteroatoms. The maximum atomic E-state index is 12.5. The highest BCUT2D eigenvalue weighted by molar-refractivity contribution is 6.36. The number of nitrogens with zero attached hydrogens (tertiary/aromatic N) is 1. The van der Waals surface area contributed by atoms with Crippen molar-refractivity contribution >= 4 is 46.7 Å². The number of halogens is 2. The second-order valence-electron chi connectivity index (χ2n) is 5.85. The van der Waals surface area contributed by atoms with Crippen molar-refractivity contribution in [1.82, 2.24) is 5.32 Å². The number of rotatable bonds is 4. The number of hydrogen-bond acceptors (Lipinski definition) is 3. The first-order valence-electron chi connectivity index (χ1n) is 6.95. The highest BCUT2D eigenvalue weighted by Crippen LogP contribution is 2.33. The molecule has 1 fully saturated rings. The van der Waals surface area contributed by atoms with Crippen LogP contribution in [0.2, 0.25) is 10.0 Å². The maximum absolute atomic E-state index is 12.5. The second kappa shape index (κ2) is 6.37. The van der Waals surface area contributed by atoms with Crippen LogP contribution in [0.4, 0.5) is 5.69 Å². The van der Waals surface area contributed by atoms with E-state index in [0.717, 1.165) is 0 Å². The number of carboxylic acids is 1. The Balaban J connectivity index is 2.17. The van der Waals surface area contributed by atoms with Crippen molar-refractivity contribution in [2.45, 2.75) is 25.8 Å². The third-order valence-corrected chi connectivity index (χ3v) is 4.25. The predicted octanol–water partition coefficient (Wildman–Crippen LogP) is 2.33. The highest BCUT2D eigenvalue weighted by Gasteiger charge is 2.41. The molecule has 23 heavy (non-hydrogen) atoms. The molecule has 1 aromatic rings. The number of aliphatic carboxylic acids is 1. The van der Waals surface area contributed by atoms with Crippen LogP contribution in [-0.2, 0) is 14.4 Å². The Hall–Kier alpha value is -1.79. The van der Waals surface area contributed by atoms with Gasteiger partial charge in [-0.05, 0) is 38.5 Å². The summed E-state index contributed by atoms with van der Waals surface area (Å²) in [4.78, 5) is 37.2. The van der Waals surface area contributed by atoms with Gasteiger partial charge in [0, 0.05) is 11.6 Å². The molecule has 2 amide bonds. The van der Waals surface area contributed by atoms with Crippen LogP contribution in [-0.4, -0.2) is 35.0 Å². The maximum Gasteiger partial charge on any atom is 0.328 e. The summed E-state index contributed by atoms with van der Waals surface area (Å²) >= 11 is 12.0. The third-order valence-electron chi connectivity index (χ3n) is 3.69. The summed E-state index contributed by atoms with van der Waals surface area (Å²) in [6.45, 7) is 3.03. The SMILES string of the molecule is CC(C)(NC(=O)C1CCN(c2cc(Cl)ccc2Cl)C1=O)C(=O)O. The Morgan fingerprint density at radius 3 is 2.61 bits per heavy atom. The molecule has 1 aromatic carbocycles. The molecule has 1 unspecified atom stereocenters. The van der Waals surface area contributed by atoms with Crippen molar-refractivity contribution in [3.63, 3.8) is 0 Å².